The van der Waals surface area contributed by atoms with Crippen molar-refractivity contribution >= 4 is 11.8 Å². The second-order valence-electron chi connectivity index (χ2n) is 9.96. The van der Waals surface area contributed by atoms with Crippen LogP contribution in [-0.4, -0.2) is 40.1 Å². The normalized spacial score (nSPS) is 23.8. The second kappa shape index (κ2) is 9.25. The first-order valence-electron chi connectivity index (χ1n) is 11.9. The van der Waals surface area contributed by atoms with Crippen LogP contribution in [-0.2, 0) is 11.0 Å². The van der Waals surface area contributed by atoms with Crippen LogP contribution in [0.3, 0.4) is 0 Å². The summed E-state index contributed by atoms with van der Waals surface area (Å²) in [5.74, 6) is -0.791. The Morgan fingerprint density at radius 2 is 1.47 bits per heavy atom. The maximum atomic E-state index is 13.4. The first-order valence-corrected chi connectivity index (χ1v) is 11.9. The molecule has 2 aliphatic rings. The molecule has 2 aromatic rings. The van der Waals surface area contributed by atoms with Crippen LogP contribution in [0.25, 0.3) is 0 Å². The molecule has 0 aromatic heterocycles. The number of nitrogens with zero attached hydrogens (tertiary/aromatic N) is 2. The van der Waals surface area contributed by atoms with Crippen LogP contribution in [0.15, 0.2) is 48.5 Å². The lowest BCUT2D eigenvalue weighted by molar-refractivity contribution is -0.258. The van der Waals surface area contributed by atoms with Crippen molar-refractivity contribution in [3.63, 3.8) is 0 Å². The number of benzene rings is 2. The number of halogens is 3. The van der Waals surface area contributed by atoms with Gasteiger partial charge < -0.3 is 15.7 Å². The molecule has 2 amide bonds. The van der Waals surface area contributed by atoms with Gasteiger partial charge in [0.2, 0.25) is 5.91 Å². The monoisotopic (exact) mass is 499 g/mol. The van der Waals surface area contributed by atoms with Gasteiger partial charge in [-0.25, -0.2) is 0 Å². The van der Waals surface area contributed by atoms with Crippen LogP contribution in [0.5, 0.6) is 0 Å². The van der Waals surface area contributed by atoms with Crippen molar-refractivity contribution in [2.45, 2.75) is 74.7 Å². The van der Waals surface area contributed by atoms with Gasteiger partial charge in [0.15, 0.2) is 5.60 Å². The highest BCUT2D eigenvalue weighted by Gasteiger charge is 2.51. The molecular weight excluding hydrogens is 471 g/mol. The van der Waals surface area contributed by atoms with Gasteiger partial charge in [-0.05, 0) is 80.8 Å². The minimum absolute atomic E-state index is 0.0740. The zero-order valence-corrected chi connectivity index (χ0v) is 19.9. The van der Waals surface area contributed by atoms with Crippen LogP contribution < -0.4 is 5.73 Å². The highest BCUT2D eigenvalue weighted by molar-refractivity contribution is 5.95. The van der Waals surface area contributed by atoms with Crippen LogP contribution in [0, 0.1) is 11.3 Å². The minimum atomic E-state index is -4.84. The summed E-state index contributed by atoms with van der Waals surface area (Å²) in [5, 5.41) is 19.9. The molecule has 2 saturated carbocycles. The minimum Gasteiger partial charge on any atom is -0.376 e. The van der Waals surface area contributed by atoms with E-state index in [2.05, 4.69) is 6.07 Å². The molecule has 1 atom stereocenters. The first-order chi connectivity index (χ1) is 16.9. The molecule has 0 saturated heterocycles. The Labute approximate surface area is 207 Å². The summed E-state index contributed by atoms with van der Waals surface area (Å²) in [7, 11) is 0. The highest BCUT2D eigenvalue weighted by Crippen LogP contribution is 2.43. The average molecular weight is 500 g/mol. The third kappa shape index (κ3) is 4.70. The molecule has 6 nitrogen and oxygen atoms in total. The van der Waals surface area contributed by atoms with E-state index in [1.165, 1.54) is 12.1 Å². The Morgan fingerprint density at radius 3 is 1.92 bits per heavy atom. The average Bonchev–Trinajstić information content (AvgIpc) is 3.69. The summed E-state index contributed by atoms with van der Waals surface area (Å²) in [6.07, 6.45) is -0.833. The second-order valence-corrected chi connectivity index (χ2v) is 9.96. The predicted molar refractivity (Wildman–Crippen MR) is 126 cm³/mol. The molecule has 190 valence electrons. The Bertz CT molecular complexity index is 1170. The topological polar surface area (TPSA) is 107 Å². The highest BCUT2D eigenvalue weighted by atomic mass is 19.4. The van der Waals surface area contributed by atoms with Gasteiger partial charge in [0.05, 0.1) is 11.5 Å². The first kappa shape index (κ1) is 25.7. The number of rotatable bonds is 6. The number of alkyl halides is 3. The number of carbonyl (C=O) groups excluding carboxylic acids is 2. The van der Waals surface area contributed by atoms with Crippen molar-refractivity contribution < 1.29 is 27.9 Å². The summed E-state index contributed by atoms with van der Waals surface area (Å²) in [6.45, 7) is 0.686. The molecule has 4 rings (SSSR count). The van der Waals surface area contributed by atoms with Crippen molar-refractivity contribution in [2.24, 2.45) is 5.73 Å². The Hall–Kier alpha value is -3.38. The summed E-state index contributed by atoms with van der Waals surface area (Å²) in [6, 6.07) is 14.1. The van der Waals surface area contributed by atoms with Crippen molar-refractivity contribution in [3.05, 3.63) is 70.8 Å². The Morgan fingerprint density at radius 1 is 0.972 bits per heavy atom. The lowest BCUT2D eigenvalue weighted by atomic mass is 9.69. The largest absolute Gasteiger partial charge is 0.421 e. The smallest absolute Gasteiger partial charge is 0.376 e. The van der Waals surface area contributed by atoms with Gasteiger partial charge in [-0.3, -0.25) is 9.59 Å². The zero-order valence-electron chi connectivity index (χ0n) is 19.9. The SMILES string of the molecule is C[C@](O)(c1ccc(C(=O)N(C2CC2)C2CCC(C#N)(c3ccc(C(N)=O)cc3)CC2)cc1)C(F)(F)F. The summed E-state index contributed by atoms with van der Waals surface area (Å²) in [5.41, 5.74) is 2.69. The molecule has 9 heteroatoms. The fraction of sp³-hybridized carbons (Fsp3) is 0.444. The number of hydrogen-bond donors (Lipinski definition) is 2. The fourth-order valence-electron chi connectivity index (χ4n) is 5.02. The predicted octanol–water partition coefficient (Wildman–Crippen LogP) is 4.56. The van der Waals surface area contributed by atoms with Gasteiger partial charge in [0, 0.05) is 23.2 Å². The molecule has 3 N–H and O–H groups in total. The molecular formula is C27H28F3N3O3. The van der Waals surface area contributed by atoms with Gasteiger partial charge in [-0.15, -0.1) is 0 Å². The summed E-state index contributed by atoms with van der Waals surface area (Å²) in [4.78, 5) is 26.6. The maximum absolute atomic E-state index is 13.4. The van der Waals surface area contributed by atoms with E-state index >= 15 is 0 Å². The third-order valence-electron chi connectivity index (χ3n) is 7.56. The molecule has 0 aliphatic heterocycles. The molecule has 2 aliphatic carbocycles. The van der Waals surface area contributed by atoms with Crippen molar-refractivity contribution in [2.75, 3.05) is 0 Å². The molecule has 2 fully saturated rings. The third-order valence-corrected chi connectivity index (χ3v) is 7.56. The van der Waals surface area contributed by atoms with Gasteiger partial charge in [0.1, 0.15) is 0 Å². The van der Waals surface area contributed by atoms with E-state index in [4.69, 9.17) is 5.73 Å². The number of amides is 2. The van der Waals surface area contributed by atoms with E-state index in [1.54, 1.807) is 24.3 Å². The standard InChI is InChI=1S/C27H28F3N3O3/c1-25(36,27(28,29)30)19-6-4-18(5-7-19)24(35)33(21-10-11-21)22-12-14-26(16-31,15-13-22)20-8-2-17(3-9-20)23(32)34/h2-9,21-22,36H,10-15H2,1H3,(H2,32,34)/t22?,25-,26?/m0/s1. The van der Waals surface area contributed by atoms with Crippen LogP contribution >= 0.6 is 0 Å². The molecule has 0 unspecified atom stereocenters. The fourth-order valence-corrected chi connectivity index (χ4v) is 5.02. The van der Waals surface area contributed by atoms with E-state index in [1.807, 2.05) is 4.90 Å². The number of hydrogen-bond acceptors (Lipinski definition) is 4. The van der Waals surface area contributed by atoms with E-state index in [0.717, 1.165) is 30.5 Å². The van der Waals surface area contributed by atoms with Gasteiger partial charge in [0.25, 0.3) is 5.91 Å². The van der Waals surface area contributed by atoms with E-state index in [-0.39, 0.29) is 29.1 Å². The number of nitriles is 1. The zero-order chi connectivity index (χ0) is 26.3. The molecule has 0 radical (unpaired) electrons. The van der Waals surface area contributed by atoms with Gasteiger partial charge in [-0.2, -0.15) is 18.4 Å². The van der Waals surface area contributed by atoms with Crippen LogP contribution in [0.4, 0.5) is 13.2 Å². The molecule has 0 heterocycles. The van der Waals surface area contributed by atoms with Crippen LogP contribution in [0.2, 0.25) is 0 Å². The summed E-state index contributed by atoms with van der Waals surface area (Å²) >= 11 is 0. The molecule has 2 aromatic carbocycles. The molecule has 36 heavy (non-hydrogen) atoms. The van der Waals surface area contributed by atoms with Crippen molar-refractivity contribution in [1.29, 1.82) is 5.26 Å². The van der Waals surface area contributed by atoms with Crippen molar-refractivity contribution in [3.8, 4) is 6.07 Å². The summed E-state index contributed by atoms with van der Waals surface area (Å²) < 4.78 is 39.5. The van der Waals surface area contributed by atoms with Gasteiger partial charge in [-0.1, -0.05) is 24.3 Å². The van der Waals surface area contributed by atoms with Crippen LogP contribution in [0.1, 0.15) is 77.3 Å². The lowest BCUT2D eigenvalue weighted by Crippen LogP contribution is -2.46. The number of carbonyl (C=O) groups is 2. The Kier molecular flexibility index (Phi) is 6.60. The quantitative estimate of drug-likeness (QED) is 0.607. The van der Waals surface area contributed by atoms with Gasteiger partial charge >= 0.3 is 6.18 Å². The molecule has 0 spiro atoms. The number of aliphatic hydroxyl groups is 1. The number of primary amides is 1. The Balaban J connectivity index is 1.50. The van der Waals surface area contributed by atoms with E-state index in [9.17, 15) is 33.1 Å². The lowest BCUT2D eigenvalue weighted by Gasteiger charge is -2.41. The van der Waals surface area contributed by atoms with Crippen molar-refractivity contribution in [1.82, 2.24) is 4.90 Å². The maximum Gasteiger partial charge on any atom is 0.421 e. The van der Waals surface area contributed by atoms with E-state index < -0.39 is 23.1 Å². The van der Waals surface area contributed by atoms with E-state index in [0.29, 0.717) is 38.2 Å². The number of nitrogens with two attached hydrogens (primary N) is 1. The molecule has 0 bridgehead atoms.